The summed E-state index contributed by atoms with van der Waals surface area (Å²) >= 11 is 1.79. The molecule has 150 valence electrons. The second-order valence-corrected chi connectivity index (χ2v) is 8.33. The van der Waals surface area contributed by atoms with Crippen molar-refractivity contribution in [2.75, 3.05) is 13.1 Å². The summed E-state index contributed by atoms with van der Waals surface area (Å²) in [7, 11) is 0. The fraction of sp³-hybridized carbons (Fsp3) is 0.650. The van der Waals surface area contributed by atoms with Gasteiger partial charge in [0, 0.05) is 43.4 Å². The molecule has 0 fully saturated rings. The van der Waals surface area contributed by atoms with Crippen LogP contribution in [-0.2, 0) is 19.4 Å². The maximum absolute atomic E-state index is 4.79. The van der Waals surface area contributed by atoms with Crippen LogP contribution < -0.4 is 10.6 Å². The molecule has 27 heavy (non-hydrogen) atoms. The van der Waals surface area contributed by atoms with Crippen LogP contribution in [0.3, 0.4) is 0 Å². The van der Waals surface area contributed by atoms with Crippen LogP contribution in [0.1, 0.15) is 51.2 Å². The number of hydrogen-bond donors (Lipinski definition) is 2. The number of guanidine groups is 1. The van der Waals surface area contributed by atoms with Crippen LogP contribution in [0.5, 0.6) is 0 Å². The summed E-state index contributed by atoms with van der Waals surface area (Å²) in [5.74, 6) is 2.64. The van der Waals surface area contributed by atoms with Crippen molar-refractivity contribution in [3.63, 3.8) is 0 Å². The molecule has 0 radical (unpaired) electrons. The third-order valence-corrected chi connectivity index (χ3v) is 5.36. The fourth-order valence-electron chi connectivity index (χ4n) is 2.81. The van der Waals surface area contributed by atoms with Gasteiger partial charge < -0.3 is 15.2 Å². The lowest BCUT2D eigenvalue weighted by molar-refractivity contribution is 0.488. The van der Waals surface area contributed by atoms with Gasteiger partial charge in [-0.25, -0.2) is 0 Å². The summed E-state index contributed by atoms with van der Waals surface area (Å²) in [6, 6.07) is 4.67. The van der Waals surface area contributed by atoms with Crippen molar-refractivity contribution >= 4 is 17.3 Å². The molecule has 0 aliphatic carbocycles. The lowest BCUT2D eigenvalue weighted by Gasteiger charge is -2.19. The van der Waals surface area contributed by atoms with Crippen LogP contribution >= 0.6 is 11.3 Å². The van der Waals surface area contributed by atoms with Crippen molar-refractivity contribution in [1.29, 1.82) is 0 Å². The highest BCUT2D eigenvalue weighted by Crippen LogP contribution is 2.09. The number of nitrogens with zero attached hydrogens (tertiary/aromatic N) is 4. The summed E-state index contributed by atoms with van der Waals surface area (Å²) in [4.78, 5) is 6.17. The zero-order valence-corrected chi connectivity index (χ0v) is 17.9. The van der Waals surface area contributed by atoms with Gasteiger partial charge in [0.1, 0.15) is 12.2 Å². The highest BCUT2D eigenvalue weighted by Gasteiger charge is 2.08. The molecule has 2 N–H and O–H groups in total. The van der Waals surface area contributed by atoms with E-state index in [4.69, 9.17) is 4.99 Å². The first kappa shape index (κ1) is 21.4. The number of aromatic nitrogens is 3. The molecule has 7 heteroatoms. The Bertz CT molecular complexity index is 662. The fourth-order valence-corrected chi connectivity index (χ4v) is 3.51. The molecule has 0 spiro atoms. The van der Waals surface area contributed by atoms with E-state index >= 15 is 0 Å². The number of aryl methyl sites for hydroxylation is 1. The molecule has 1 unspecified atom stereocenters. The molecule has 0 saturated carbocycles. The Hall–Kier alpha value is -1.89. The van der Waals surface area contributed by atoms with Gasteiger partial charge in [0.2, 0.25) is 0 Å². The Morgan fingerprint density at radius 2 is 2.15 bits per heavy atom. The van der Waals surface area contributed by atoms with E-state index in [2.05, 4.69) is 70.6 Å². The first-order valence-corrected chi connectivity index (χ1v) is 10.9. The Labute approximate surface area is 167 Å². The van der Waals surface area contributed by atoms with E-state index in [1.165, 1.54) is 11.3 Å². The normalized spacial score (nSPS) is 13.1. The van der Waals surface area contributed by atoms with Gasteiger partial charge in [0.15, 0.2) is 5.96 Å². The van der Waals surface area contributed by atoms with E-state index in [0.717, 1.165) is 56.6 Å². The van der Waals surface area contributed by atoms with Crippen molar-refractivity contribution in [1.82, 2.24) is 25.4 Å². The van der Waals surface area contributed by atoms with Crippen LogP contribution in [0.4, 0.5) is 0 Å². The molecular weight excluding hydrogens is 356 g/mol. The second-order valence-electron chi connectivity index (χ2n) is 7.30. The van der Waals surface area contributed by atoms with Gasteiger partial charge >= 0.3 is 0 Å². The minimum atomic E-state index is 0.404. The number of hydrogen-bond acceptors (Lipinski definition) is 4. The smallest absolute Gasteiger partial charge is 0.191 e. The van der Waals surface area contributed by atoms with Crippen molar-refractivity contribution < 1.29 is 0 Å². The monoisotopic (exact) mass is 390 g/mol. The summed E-state index contributed by atoms with van der Waals surface area (Å²) in [5.41, 5.74) is 0. The maximum atomic E-state index is 4.79. The van der Waals surface area contributed by atoms with Crippen molar-refractivity contribution in [2.45, 2.75) is 66.0 Å². The molecule has 0 aliphatic rings. The van der Waals surface area contributed by atoms with Crippen LogP contribution in [0.2, 0.25) is 0 Å². The zero-order valence-electron chi connectivity index (χ0n) is 17.1. The number of aliphatic imine (C=N–C) groups is 1. The van der Waals surface area contributed by atoms with Crippen LogP contribution in [0.15, 0.2) is 28.8 Å². The van der Waals surface area contributed by atoms with Crippen molar-refractivity contribution in [3.8, 4) is 0 Å². The molecular formula is C20H34N6S. The Kier molecular flexibility index (Phi) is 9.31. The lowest BCUT2D eigenvalue weighted by Crippen LogP contribution is -2.43. The van der Waals surface area contributed by atoms with E-state index in [-0.39, 0.29) is 0 Å². The molecule has 0 saturated heterocycles. The minimum absolute atomic E-state index is 0.404. The lowest BCUT2D eigenvalue weighted by atomic mass is 10.0. The molecule has 2 aromatic heterocycles. The third kappa shape index (κ3) is 8.12. The summed E-state index contributed by atoms with van der Waals surface area (Å²) < 4.78 is 2.10. The molecule has 1 atom stereocenters. The predicted octanol–water partition coefficient (Wildman–Crippen LogP) is 3.50. The van der Waals surface area contributed by atoms with Crippen LogP contribution in [0, 0.1) is 5.92 Å². The van der Waals surface area contributed by atoms with Crippen molar-refractivity contribution in [3.05, 3.63) is 34.5 Å². The first-order chi connectivity index (χ1) is 13.1. The average Bonchev–Trinajstić information content (AvgIpc) is 3.31. The predicted molar refractivity (Wildman–Crippen MR) is 114 cm³/mol. The van der Waals surface area contributed by atoms with Gasteiger partial charge in [-0.15, -0.1) is 21.5 Å². The van der Waals surface area contributed by atoms with E-state index in [1.54, 1.807) is 17.7 Å². The van der Waals surface area contributed by atoms with Gasteiger partial charge in [0.05, 0.1) is 0 Å². The topological polar surface area (TPSA) is 67.1 Å². The van der Waals surface area contributed by atoms with Gasteiger partial charge in [-0.1, -0.05) is 26.8 Å². The molecule has 2 heterocycles. The maximum Gasteiger partial charge on any atom is 0.191 e. The molecule has 0 aliphatic heterocycles. The molecule has 2 rings (SSSR count). The first-order valence-electron chi connectivity index (χ1n) is 10.0. The number of rotatable bonds is 11. The van der Waals surface area contributed by atoms with E-state index in [1.807, 2.05) is 0 Å². The van der Waals surface area contributed by atoms with Gasteiger partial charge in [-0.2, -0.15) is 0 Å². The van der Waals surface area contributed by atoms with E-state index < -0.39 is 0 Å². The largest absolute Gasteiger partial charge is 0.355 e. The standard InChI is InChI=1S/C20H34N6S/c1-5-19-25-23-15-26(19)13-12-22-20(24-17(4)9-8-16(2)3)21-11-10-18-7-6-14-27-18/h6-7,14-17H,5,8-13H2,1-4H3,(H2,21,22,24). The Morgan fingerprint density at radius 3 is 2.85 bits per heavy atom. The Morgan fingerprint density at radius 1 is 1.30 bits per heavy atom. The highest BCUT2D eigenvalue weighted by molar-refractivity contribution is 7.09. The van der Waals surface area contributed by atoms with Gasteiger partial charge in [0.25, 0.3) is 0 Å². The minimum Gasteiger partial charge on any atom is -0.355 e. The molecule has 0 amide bonds. The SMILES string of the molecule is CCc1nncn1CCNC(=NCCc1cccs1)NC(C)CCC(C)C. The third-order valence-electron chi connectivity index (χ3n) is 4.43. The van der Waals surface area contributed by atoms with E-state index in [0.29, 0.717) is 6.04 Å². The Balaban J connectivity index is 1.86. The van der Waals surface area contributed by atoms with Crippen LogP contribution in [0.25, 0.3) is 0 Å². The highest BCUT2D eigenvalue weighted by atomic mass is 32.1. The quantitative estimate of drug-likeness (QED) is 0.455. The van der Waals surface area contributed by atoms with Crippen molar-refractivity contribution in [2.24, 2.45) is 10.9 Å². The van der Waals surface area contributed by atoms with E-state index in [9.17, 15) is 0 Å². The summed E-state index contributed by atoms with van der Waals surface area (Å²) in [6.07, 6.45) is 6.04. The van der Waals surface area contributed by atoms with Crippen LogP contribution in [-0.4, -0.2) is 39.9 Å². The van der Waals surface area contributed by atoms with Gasteiger partial charge in [-0.3, -0.25) is 4.99 Å². The number of thiophene rings is 1. The zero-order chi connectivity index (χ0) is 19.5. The molecule has 0 aromatic carbocycles. The molecule has 6 nitrogen and oxygen atoms in total. The summed E-state index contributed by atoms with van der Waals surface area (Å²) in [5, 5.41) is 17.3. The second kappa shape index (κ2) is 11.7. The average molecular weight is 391 g/mol. The molecule has 0 bridgehead atoms. The van der Waals surface area contributed by atoms with Gasteiger partial charge in [-0.05, 0) is 37.1 Å². The summed E-state index contributed by atoms with van der Waals surface area (Å²) in [6.45, 7) is 11.3. The number of nitrogens with one attached hydrogen (secondary N) is 2. The molecule has 2 aromatic rings.